The highest BCUT2D eigenvalue weighted by Gasteiger charge is 2.13. The Morgan fingerprint density at radius 2 is 1.87 bits per heavy atom. The highest BCUT2D eigenvalue weighted by atomic mass is 35.5. The van der Waals surface area contributed by atoms with Gasteiger partial charge in [0.05, 0.1) is 26.1 Å². The summed E-state index contributed by atoms with van der Waals surface area (Å²) in [6.45, 7) is 2.01. The first kappa shape index (κ1) is 17.1. The molecule has 0 unspecified atom stereocenters. The predicted molar refractivity (Wildman–Crippen MR) is 92.4 cm³/mol. The van der Waals surface area contributed by atoms with E-state index in [1.54, 1.807) is 0 Å². The third kappa shape index (κ3) is 4.36. The van der Waals surface area contributed by atoms with Gasteiger partial charge in [-0.3, -0.25) is 0 Å². The quantitative estimate of drug-likeness (QED) is 0.458. The largest absolute Gasteiger partial charge is 0.504 e. The van der Waals surface area contributed by atoms with Gasteiger partial charge in [0.1, 0.15) is 0 Å². The van der Waals surface area contributed by atoms with Crippen molar-refractivity contribution in [2.24, 2.45) is 0 Å². The minimum absolute atomic E-state index is 0.389. The minimum atomic E-state index is -0.389. The van der Waals surface area contributed by atoms with Gasteiger partial charge in [-0.25, -0.2) is 4.79 Å². The monoisotopic (exact) mass is 330 g/mol. The molecule has 0 atom stereocenters. The van der Waals surface area contributed by atoms with Crippen LogP contribution in [0.3, 0.4) is 0 Å². The summed E-state index contributed by atoms with van der Waals surface area (Å²) >= 11 is 6.06. The lowest BCUT2D eigenvalue weighted by Crippen LogP contribution is -2.08. The Labute approximate surface area is 141 Å². The van der Waals surface area contributed by atoms with E-state index in [4.69, 9.17) is 21.1 Å². The fourth-order valence-electron chi connectivity index (χ4n) is 2.35. The number of benzene rings is 2. The van der Waals surface area contributed by atoms with E-state index >= 15 is 0 Å². The van der Waals surface area contributed by atoms with Crippen molar-refractivity contribution in [2.45, 2.75) is 13.3 Å². The molecule has 2 aromatic carbocycles. The molecule has 0 radical (unpaired) electrons. The molecular weight excluding hydrogens is 312 g/mol. The van der Waals surface area contributed by atoms with Crippen LogP contribution in [0, 0.1) is 6.92 Å². The molecule has 0 aliphatic rings. The van der Waals surface area contributed by atoms with E-state index in [0.29, 0.717) is 17.0 Å². The number of carbonyl (C=O) groups is 1. The van der Waals surface area contributed by atoms with E-state index in [-0.39, 0.29) is 5.97 Å². The van der Waals surface area contributed by atoms with Crippen molar-refractivity contribution in [1.29, 1.82) is 0 Å². The molecule has 2 aromatic rings. The van der Waals surface area contributed by atoms with E-state index < -0.39 is 0 Å². The average molecular weight is 331 g/mol. The van der Waals surface area contributed by atoms with Crippen LogP contribution in [-0.2, 0) is 20.7 Å². The number of rotatable bonds is 5. The number of esters is 1. The SMILES string of the molecule is CO/C=C(\Cc1cc(-c2cccc(Cl)c2)ccc1C)C(=O)OC. The van der Waals surface area contributed by atoms with E-state index in [1.165, 1.54) is 20.5 Å². The molecule has 0 heterocycles. The Bertz CT molecular complexity index is 735. The first-order valence-corrected chi connectivity index (χ1v) is 7.58. The van der Waals surface area contributed by atoms with Crippen molar-refractivity contribution in [1.82, 2.24) is 0 Å². The molecule has 0 aliphatic heterocycles. The Balaban J connectivity index is 2.37. The van der Waals surface area contributed by atoms with Crippen LogP contribution in [0.25, 0.3) is 11.1 Å². The fraction of sp³-hybridized carbons (Fsp3) is 0.211. The van der Waals surface area contributed by atoms with Crippen LogP contribution < -0.4 is 0 Å². The molecule has 0 amide bonds. The Hall–Kier alpha value is -2.26. The summed E-state index contributed by atoms with van der Waals surface area (Å²) in [5.74, 6) is -0.389. The summed E-state index contributed by atoms with van der Waals surface area (Å²) in [5, 5.41) is 0.694. The molecule has 0 aliphatic carbocycles. The average Bonchev–Trinajstić information content (AvgIpc) is 2.55. The third-order valence-electron chi connectivity index (χ3n) is 3.60. The van der Waals surface area contributed by atoms with Gasteiger partial charge in [0, 0.05) is 11.4 Å². The molecule has 0 aromatic heterocycles. The number of ether oxygens (including phenoxy) is 2. The van der Waals surface area contributed by atoms with Crippen molar-refractivity contribution < 1.29 is 14.3 Å². The maximum absolute atomic E-state index is 11.8. The molecule has 23 heavy (non-hydrogen) atoms. The van der Waals surface area contributed by atoms with Gasteiger partial charge in [-0.2, -0.15) is 0 Å². The van der Waals surface area contributed by atoms with Gasteiger partial charge in [0.15, 0.2) is 0 Å². The van der Waals surface area contributed by atoms with Crippen LogP contribution >= 0.6 is 11.6 Å². The molecule has 2 rings (SSSR count). The number of hydrogen-bond acceptors (Lipinski definition) is 3. The van der Waals surface area contributed by atoms with Crippen molar-refractivity contribution in [3.05, 3.63) is 70.4 Å². The molecular formula is C19H19ClO3. The summed E-state index contributed by atoms with van der Waals surface area (Å²) in [6.07, 6.45) is 1.87. The second-order valence-electron chi connectivity index (χ2n) is 5.20. The van der Waals surface area contributed by atoms with Crippen LogP contribution in [0.1, 0.15) is 11.1 Å². The highest BCUT2D eigenvalue weighted by molar-refractivity contribution is 6.30. The number of methoxy groups -OCH3 is 2. The minimum Gasteiger partial charge on any atom is -0.504 e. The summed E-state index contributed by atoms with van der Waals surface area (Å²) in [5.41, 5.74) is 4.70. The lowest BCUT2D eigenvalue weighted by atomic mass is 9.96. The zero-order valence-corrected chi connectivity index (χ0v) is 14.2. The van der Waals surface area contributed by atoms with Crippen molar-refractivity contribution in [2.75, 3.05) is 14.2 Å². The number of halogens is 1. The number of carbonyl (C=O) groups excluding carboxylic acids is 1. The van der Waals surface area contributed by atoms with Crippen LogP contribution in [-0.4, -0.2) is 20.2 Å². The van der Waals surface area contributed by atoms with Crippen molar-refractivity contribution >= 4 is 17.6 Å². The normalized spacial score (nSPS) is 11.2. The van der Waals surface area contributed by atoms with Crippen LogP contribution in [0.5, 0.6) is 0 Å². The smallest absolute Gasteiger partial charge is 0.337 e. The van der Waals surface area contributed by atoms with Gasteiger partial charge in [-0.1, -0.05) is 41.9 Å². The second-order valence-corrected chi connectivity index (χ2v) is 5.64. The Morgan fingerprint density at radius 3 is 2.52 bits per heavy atom. The summed E-state index contributed by atoms with van der Waals surface area (Å²) < 4.78 is 9.79. The van der Waals surface area contributed by atoms with Crippen LogP contribution in [0.4, 0.5) is 0 Å². The van der Waals surface area contributed by atoms with Gasteiger partial charge < -0.3 is 9.47 Å². The molecule has 4 heteroatoms. The maximum atomic E-state index is 11.8. The molecule has 0 saturated heterocycles. The standard InChI is InChI=1S/C19H19ClO3/c1-13-7-8-15(14-5-4-6-18(20)11-14)9-16(13)10-17(12-22-2)19(21)23-3/h4-9,11-12H,10H2,1-3H3/b17-12+. The lowest BCUT2D eigenvalue weighted by Gasteiger charge is -2.11. The summed E-state index contributed by atoms with van der Waals surface area (Å²) in [4.78, 5) is 11.8. The van der Waals surface area contributed by atoms with Gasteiger partial charge in [-0.15, -0.1) is 0 Å². The second kappa shape index (κ2) is 7.84. The maximum Gasteiger partial charge on any atom is 0.337 e. The molecule has 0 N–H and O–H groups in total. The summed E-state index contributed by atoms with van der Waals surface area (Å²) in [6, 6.07) is 13.8. The first-order valence-electron chi connectivity index (χ1n) is 7.20. The third-order valence-corrected chi connectivity index (χ3v) is 3.83. The van der Waals surface area contributed by atoms with E-state index in [1.807, 2.05) is 43.3 Å². The Morgan fingerprint density at radius 1 is 1.13 bits per heavy atom. The molecule has 0 fully saturated rings. The van der Waals surface area contributed by atoms with Crippen LogP contribution in [0.15, 0.2) is 54.3 Å². The van der Waals surface area contributed by atoms with Crippen LogP contribution in [0.2, 0.25) is 5.02 Å². The fourth-order valence-corrected chi connectivity index (χ4v) is 2.54. The molecule has 120 valence electrons. The molecule has 3 nitrogen and oxygen atoms in total. The zero-order chi connectivity index (χ0) is 16.8. The number of aryl methyl sites for hydroxylation is 1. The topological polar surface area (TPSA) is 35.5 Å². The first-order chi connectivity index (χ1) is 11.0. The van der Waals surface area contributed by atoms with Gasteiger partial charge in [-0.05, 0) is 41.3 Å². The van der Waals surface area contributed by atoms with E-state index in [2.05, 4.69) is 6.07 Å². The number of hydrogen-bond donors (Lipinski definition) is 0. The van der Waals surface area contributed by atoms with E-state index in [9.17, 15) is 4.79 Å². The van der Waals surface area contributed by atoms with Gasteiger partial charge >= 0.3 is 5.97 Å². The van der Waals surface area contributed by atoms with Crippen molar-refractivity contribution in [3.63, 3.8) is 0 Å². The van der Waals surface area contributed by atoms with Crippen molar-refractivity contribution in [3.8, 4) is 11.1 Å². The van der Waals surface area contributed by atoms with E-state index in [0.717, 1.165) is 22.3 Å². The predicted octanol–water partition coefficient (Wildman–Crippen LogP) is 4.56. The summed E-state index contributed by atoms with van der Waals surface area (Å²) in [7, 11) is 2.87. The molecule has 0 saturated carbocycles. The highest BCUT2D eigenvalue weighted by Crippen LogP contribution is 2.26. The van der Waals surface area contributed by atoms with Gasteiger partial charge in [0.2, 0.25) is 0 Å². The molecule has 0 bridgehead atoms. The van der Waals surface area contributed by atoms with Gasteiger partial charge in [0.25, 0.3) is 0 Å². The Kier molecular flexibility index (Phi) is 5.83. The molecule has 0 spiro atoms. The lowest BCUT2D eigenvalue weighted by molar-refractivity contribution is -0.136. The zero-order valence-electron chi connectivity index (χ0n) is 13.4.